The van der Waals surface area contributed by atoms with Gasteiger partial charge in [0.05, 0.1) is 5.39 Å². The lowest BCUT2D eigenvalue weighted by Gasteiger charge is -1.91. The number of furan rings is 1. The summed E-state index contributed by atoms with van der Waals surface area (Å²) in [4.78, 5) is 0. The molecule has 0 atom stereocenters. The second-order valence-corrected chi connectivity index (χ2v) is 2.35. The van der Waals surface area contributed by atoms with Crippen molar-refractivity contribution in [3.05, 3.63) is 35.8 Å². The van der Waals surface area contributed by atoms with Gasteiger partial charge in [-0.25, -0.2) is 13.2 Å². The zero-order valence-electron chi connectivity index (χ0n) is 5.77. The highest BCUT2D eigenvalue weighted by Gasteiger charge is 2.10. The minimum atomic E-state index is -1.08. The van der Waals surface area contributed by atoms with E-state index in [4.69, 9.17) is 0 Å². The molecule has 1 nitrogen and oxygen atoms in total. The van der Waals surface area contributed by atoms with Gasteiger partial charge >= 0.3 is 0 Å². The van der Waals surface area contributed by atoms with Crippen LogP contribution in [0.25, 0.3) is 11.0 Å². The molecule has 0 N–H and O–H groups in total. The van der Waals surface area contributed by atoms with Gasteiger partial charge in [0.2, 0.25) is 0 Å². The summed E-state index contributed by atoms with van der Waals surface area (Å²) < 4.78 is 42.3. The van der Waals surface area contributed by atoms with Gasteiger partial charge in [0.15, 0.2) is 17.5 Å². The van der Waals surface area contributed by atoms with Gasteiger partial charge in [0.1, 0.15) is 11.8 Å². The van der Waals surface area contributed by atoms with Gasteiger partial charge in [-0.2, -0.15) is 0 Å². The molecule has 4 heteroatoms. The Hall–Kier alpha value is -1.45. The molecule has 12 heavy (non-hydrogen) atoms. The minimum absolute atomic E-state index is 0.00593. The summed E-state index contributed by atoms with van der Waals surface area (Å²) in [7, 11) is 0. The summed E-state index contributed by atoms with van der Waals surface area (Å²) in [6.45, 7) is 0. The zero-order valence-corrected chi connectivity index (χ0v) is 5.77. The molecular weight excluding hydrogens is 169 g/mol. The molecule has 2 aromatic rings. The van der Waals surface area contributed by atoms with Crippen molar-refractivity contribution in [3.8, 4) is 0 Å². The first-order valence-electron chi connectivity index (χ1n) is 3.20. The van der Waals surface area contributed by atoms with E-state index < -0.39 is 17.5 Å². The van der Waals surface area contributed by atoms with Crippen molar-refractivity contribution in [2.24, 2.45) is 0 Å². The first-order chi connectivity index (χ1) is 5.68. The van der Waals surface area contributed by atoms with Crippen molar-refractivity contribution in [3.63, 3.8) is 0 Å². The highest BCUT2D eigenvalue weighted by Crippen LogP contribution is 2.22. The lowest BCUT2D eigenvalue weighted by Crippen LogP contribution is -1.82. The molecule has 2 rings (SSSR count). The van der Waals surface area contributed by atoms with Crippen molar-refractivity contribution < 1.29 is 17.6 Å². The maximum atomic E-state index is 12.7. The highest BCUT2D eigenvalue weighted by molar-refractivity contribution is 5.77. The van der Waals surface area contributed by atoms with Gasteiger partial charge in [0, 0.05) is 6.07 Å². The Kier molecular flexibility index (Phi) is 1.36. The molecule has 0 saturated carbocycles. The third-order valence-electron chi connectivity index (χ3n) is 1.57. The first-order valence-corrected chi connectivity index (χ1v) is 3.20. The van der Waals surface area contributed by atoms with Crippen LogP contribution in [-0.2, 0) is 0 Å². The fourth-order valence-corrected chi connectivity index (χ4v) is 0.991. The van der Waals surface area contributed by atoms with Crippen LogP contribution in [0.5, 0.6) is 0 Å². The maximum absolute atomic E-state index is 12.7. The molecule has 0 aliphatic rings. The van der Waals surface area contributed by atoms with Gasteiger partial charge in [-0.1, -0.05) is 0 Å². The molecule has 0 aliphatic heterocycles. The van der Waals surface area contributed by atoms with E-state index in [9.17, 15) is 13.2 Å². The van der Waals surface area contributed by atoms with Crippen LogP contribution in [0.1, 0.15) is 0 Å². The summed E-state index contributed by atoms with van der Waals surface area (Å²) in [5.74, 6) is -2.82. The Morgan fingerprint density at radius 1 is 0.917 bits per heavy atom. The van der Waals surface area contributed by atoms with Gasteiger partial charge in [-0.05, 0) is 6.07 Å². The topological polar surface area (TPSA) is 13.1 Å². The van der Waals surface area contributed by atoms with Crippen LogP contribution in [0.2, 0.25) is 0 Å². The number of benzene rings is 1. The maximum Gasteiger partial charge on any atom is 0.169 e. The lowest BCUT2D eigenvalue weighted by molar-refractivity contribution is 0.507. The van der Waals surface area contributed by atoms with E-state index in [0.717, 1.165) is 18.4 Å². The average molecular weight is 172 g/mol. The van der Waals surface area contributed by atoms with E-state index in [0.29, 0.717) is 0 Å². The monoisotopic (exact) mass is 172 g/mol. The SMILES string of the molecule is Fc1cc2occ(F)c2cc1F. The predicted octanol–water partition coefficient (Wildman–Crippen LogP) is 2.85. The molecule has 0 unspecified atom stereocenters. The molecule has 0 spiro atoms. The summed E-state index contributed by atoms with van der Waals surface area (Å²) >= 11 is 0. The van der Waals surface area contributed by atoms with E-state index in [2.05, 4.69) is 4.42 Å². The second-order valence-electron chi connectivity index (χ2n) is 2.35. The average Bonchev–Trinajstić information content (AvgIpc) is 2.35. The van der Waals surface area contributed by atoms with E-state index in [-0.39, 0.29) is 11.0 Å². The summed E-state index contributed by atoms with van der Waals surface area (Å²) in [5.41, 5.74) is 0.00593. The van der Waals surface area contributed by atoms with Crippen LogP contribution in [0, 0.1) is 17.5 Å². The number of hydrogen-bond donors (Lipinski definition) is 0. The fraction of sp³-hybridized carbons (Fsp3) is 0. The van der Waals surface area contributed by atoms with Crippen molar-refractivity contribution in [2.45, 2.75) is 0 Å². The normalized spacial score (nSPS) is 10.9. The van der Waals surface area contributed by atoms with E-state index in [1.165, 1.54) is 0 Å². The molecule has 0 fully saturated rings. The summed E-state index contributed by atoms with van der Waals surface area (Å²) in [6.07, 6.45) is 0.809. The Balaban J connectivity index is 2.87. The standard InChI is InChI=1S/C8H3F3O/c9-5-1-4-7(11)3-12-8(4)2-6(5)10/h1-3H. The number of fused-ring (bicyclic) bond motifs is 1. The summed E-state index contributed by atoms with van der Waals surface area (Å²) in [6, 6.07) is 1.58. The fourth-order valence-electron chi connectivity index (χ4n) is 0.991. The van der Waals surface area contributed by atoms with Gasteiger partial charge in [0.25, 0.3) is 0 Å². The quantitative estimate of drug-likeness (QED) is 0.595. The minimum Gasteiger partial charge on any atom is -0.461 e. The van der Waals surface area contributed by atoms with Gasteiger partial charge in [-0.15, -0.1) is 0 Å². The Morgan fingerprint density at radius 3 is 2.33 bits per heavy atom. The van der Waals surface area contributed by atoms with Crippen LogP contribution in [-0.4, -0.2) is 0 Å². The molecule has 1 aromatic carbocycles. The molecule has 0 saturated heterocycles. The third-order valence-corrected chi connectivity index (χ3v) is 1.57. The van der Waals surface area contributed by atoms with Crippen molar-refractivity contribution in [1.82, 2.24) is 0 Å². The molecule has 62 valence electrons. The third kappa shape index (κ3) is 0.879. The highest BCUT2D eigenvalue weighted by atomic mass is 19.2. The molecule has 0 radical (unpaired) electrons. The molecule has 0 amide bonds. The van der Waals surface area contributed by atoms with E-state index in [1.807, 2.05) is 0 Å². The van der Waals surface area contributed by atoms with Crippen LogP contribution in [0.3, 0.4) is 0 Å². The van der Waals surface area contributed by atoms with Crippen molar-refractivity contribution in [2.75, 3.05) is 0 Å². The van der Waals surface area contributed by atoms with Crippen LogP contribution >= 0.6 is 0 Å². The molecule has 0 aliphatic carbocycles. The first kappa shape index (κ1) is 7.21. The Morgan fingerprint density at radius 2 is 1.58 bits per heavy atom. The van der Waals surface area contributed by atoms with Crippen LogP contribution in [0.4, 0.5) is 13.2 Å². The molecule has 1 aromatic heterocycles. The van der Waals surface area contributed by atoms with E-state index >= 15 is 0 Å². The van der Waals surface area contributed by atoms with Gasteiger partial charge < -0.3 is 4.42 Å². The van der Waals surface area contributed by atoms with Crippen molar-refractivity contribution >= 4 is 11.0 Å². The predicted molar refractivity (Wildman–Crippen MR) is 36.1 cm³/mol. The smallest absolute Gasteiger partial charge is 0.169 e. The van der Waals surface area contributed by atoms with Crippen molar-refractivity contribution in [1.29, 1.82) is 0 Å². The van der Waals surface area contributed by atoms with Gasteiger partial charge in [-0.3, -0.25) is 0 Å². The molecule has 1 heterocycles. The second kappa shape index (κ2) is 2.27. The number of halogens is 3. The Bertz CT molecular complexity index is 433. The van der Waals surface area contributed by atoms with Crippen LogP contribution < -0.4 is 0 Å². The van der Waals surface area contributed by atoms with E-state index in [1.54, 1.807) is 0 Å². The number of rotatable bonds is 0. The zero-order chi connectivity index (χ0) is 8.72. The molecular formula is C8H3F3O. The number of hydrogen-bond acceptors (Lipinski definition) is 1. The Labute approximate surface area is 65.4 Å². The molecule has 0 bridgehead atoms. The van der Waals surface area contributed by atoms with Crippen LogP contribution in [0.15, 0.2) is 22.8 Å². The summed E-state index contributed by atoms with van der Waals surface area (Å²) in [5, 5.41) is -0.0473. The lowest BCUT2D eigenvalue weighted by atomic mass is 10.2. The largest absolute Gasteiger partial charge is 0.461 e.